The number of ketones is 1. The van der Waals surface area contributed by atoms with Crippen molar-refractivity contribution in [1.82, 2.24) is 4.57 Å². The summed E-state index contributed by atoms with van der Waals surface area (Å²) in [6.07, 6.45) is 1.55. The number of hydrogen-bond donors (Lipinski definition) is 0. The van der Waals surface area contributed by atoms with Crippen LogP contribution in [0, 0.1) is 0 Å². The highest BCUT2D eigenvalue weighted by molar-refractivity contribution is 9.10. The minimum Gasteiger partial charge on any atom is -0.341 e. The highest BCUT2D eigenvalue weighted by atomic mass is 79.9. The van der Waals surface area contributed by atoms with Gasteiger partial charge in [-0.3, -0.25) is 4.79 Å². The standard InChI is InChI=1S/C12H10BrNO/c1-14-9-4-2-3-8(13)11(9)7-5-6-10(15)12(7)14/h2-4H,5-6H2,1H3. The van der Waals surface area contributed by atoms with Gasteiger partial charge in [0.2, 0.25) is 0 Å². The zero-order valence-electron chi connectivity index (χ0n) is 8.38. The third kappa shape index (κ3) is 1.07. The molecule has 0 radical (unpaired) electrons. The Balaban J connectivity index is 2.54. The minimum atomic E-state index is 0.274. The van der Waals surface area contributed by atoms with Gasteiger partial charge in [-0.15, -0.1) is 0 Å². The Morgan fingerprint density at radius 2 is 2.13 bits per heavy atom. The first-order valence-corrected chi connectivity index (χ1v) is 5.78. The number of aromatic nitrogens is 1. The molecule has 1 aromatic carbocycles. The smallest absolute Gasteiger partial charge is 0.179 e. The van der Waals surface area contributed by atoms with Crippen LogP contribution in [0.4, 0.5) is 0 Å². The van der Waals surface area contributed by atoms with E-state index < -0.39 is 0 Å². The fraction of sp³-hybridized carbons (Fsp3) is 0.250. The van der Waals surface area contributed by atoms with Gasteiger partial charge in [-0.05, 0) is 24.1 Å². The van der Waals surface area contributed by atoms with E-state index in [-0.39, 0.29) is 5.78 Å². The molecule has 1 aliphatic rings. The molecule has 76 valence electrons. The molecule has 15 heavy (non-hydrogen) atoms. The second-order valence-electron chi connectivity index (χ2n) is 3.94. The molecule has 2 nitrogen and oxygen atoms in total. The molecule has 0 bridgehead atoms. The summed E-state index contributed by atoms with van der Waals surface area (Å²) in [7, 11) is 1.97. The van der Waals surface area contributed by atoms with Gasteiger partial charge in [-0.25, -0.2) is 0 Å². The number of Topliss-reactive ketones (excluding diaryl/α,β-unsaturated/α-hetero) is 1. The summed E-state index contributed by atoms with van der Waals surface area (Å²) in [4.78, 5) is 11.7. The van der Waals surface area contributed by atoms with Gasteiger partial charge >= 0.3 is 0 Å². The average Bonchev–Trinajstić information content (AvgIpc) is 2.70. The normalized spacial score (nSPS) is 14.9. The van der Waals surface area contributed by atoms with Crippen LogP contribution in [0.3, 0.4) is 0 Å². The molecule has 0 spiro atoms. The minimum absolute atomic E-state index is 0.274. The Morgan fingerprint density at radius 1 is 1.33 bits per heavy atom. The van der Waals surface area contributed by atoms with Crippen molar-refractivity contribution in [3.8, 4) is 0 Å². The summed E-state index contributed by atoms with van der Waals surface area (Å²) >= 11 is 3.56. The number of hydrogen-bond acceptors (Lipinski definition) is 1. The second kappa shape index (κ2) is 2.95. The summed E-state index contributed by atoms with van der Waals surface area (Å²) in [6.45, 7) is 0. The number of fused-ring (bicyclic) bond motifs is 3. The highest BCUT2D eigenvalue weighted by Gasteiger charge is 2.27. The van der Waals surface area contributed by atoms with E-state index in [0.29, 0.717) is 6.42 Å². The Bertz CT molecular complexity index is 583. The number of carbonyl (C=O) groups excluding carboxylic acids is 1. The van der Waals surface area contributed by atoms with E-state index >= 15 is 0 Å². The molecule has 2 aromatic rings. The van der Waals surface area contributed by atoms with Crippen LogP contribution < -0.4 is 0 Å². The molecule has 0 saturated heterocycles. The zero-order chi connectivity index (χ0) is 10.6. The van der Waals surface area contributed by atoms with Crippen molar-refractivity contribution in [3.63, 3.8) is 0 Å². The number of nitrogens with zero attached hydrogens (tertiary/aromatic N) is 1. The average molecular weight is 264 g/mol. The van der Waals surface area contributed by atoms with Crippen LogP contribution in [0.15, 0.2) is 22.7 Å². The maximum Gasteiger partial charge on any atom is 0.179 e. The van der Waals surface area contributed by atoms with Gasteiger partial charge in [0.1, 0.15) is 0 Å². The monoisotopic (exact) mass is 263 g/mol. The molecule has 0 amide bonds. The number of benzene rings is 1. The molecule has 0 unspecified atom stereocenters. The first-order chi connectivity index (χ1) is 7.20. The lowest BCUT2D eigenvalue weighted by molar-refractivity contribution is 0.0987. The molecule has 3 heteroatoms. The van der Waals surface area contributed by atoms with Crippen LogP contribution in [0.2, 0.25) is 0 Å². The quantitative estimate of drug-likeness (QED) is 0.716. The number of carbonyl (C=O) groups is 1. The molecule has 1 aromatic heterocycles. The third-order valence-corrected chi connectivity index (χ3v) is 3.80. The molecule has 1 aliphatic carbocycles. The zero-order valence-corrected chi connectivity index (χ0v) is 9.97. The maximum absolute atomic E-state index is 11.7. The predicted octanol–water partition coefficient (Wildman–Crippen LogP) is 3.07. The summed E-state index contributed by atoms with van der Waals surface area (Å²) in [5.41, 5.74) is 3.25. The van der Waals surface area contributed by atoms with E-state index in [4.69, 9.17) is 0 Å². The SMILES string of the molecule is Cn1c2c(c3c(Br)cccc31)CCC2=O. The number of aryl methyl sites for hydroxylation is 2. The number of rotatable bonds is 0. The summed E-state index contributed by atoms with van der Waals surface area (Å²) in [5.74, 6) is 0.274. The third-order valence-electron chi connectivity index (χ3n) is 3.14. The van der Waals surface area contributed by atoms with E-state index in [9.17, 15) is 4.79 Å². The maximum atomic E-state index is 11.7. The van der Waals surface area contributed by atoms with Crippen molar-refractivity contribution in [2.45, 2.75) is 12.8 Å². The summed E-state index contributed by atoms with van der Waals surface area (Å²) < 4.78 is 3.11. The lowest BCUT2D eigenvalue weighted by Gasteiger charge is -2.00. The van der Waals surface area contributed by atoms with E-state index in [2.05, 4.69) is 22.0 Å². The van der Waals surface area contributed by atoms with Crippen LogP contribution in [0.5, 0.6) is 0 Å². The van der Waals surface area contributed by atoms with Crippen LogP contribution in [-0.4, -0.2) is 10.4 Å². The Kier molecular flexibility index (Phi) is 1.80. The fourth-order valence-corrected chi connectivity index (χ4v) is 3.08. The second-order valence-corrected chi connectivity index (χ2v) is 4.80. The highest BCUT2D eigenvalue weighted by Crippen LogP contribution is 2.36. The van der Waals surface area contributed by atoms with Gasteiger partial charge in [0.15, 0.2) is 5.78 Å². The summed E-state index contributed by atoms with van der Waals surface area (Å²) in [6, 6.07) is 6.10. The molecule has 3 rings (SSSR count). The molecule has 0 saturated carbocycles. The van der Waals surface area contributed by atoms with Gasteiger partial charge in [0.05, 0.1) is 5.69 Å². The van der Waals surface area contributed by atoms with E-state index in [1.54, 1.807) is 0 Å². The van der Waals surface area contributed by atoms with Crippen LogP contribution in [-0.2, 0) is 13.5 Å². The Hall–Kier alpha value is -1.09. The van der Waals surface area contributed by atoms with Crippen molar-refractivity contribution in [3.05, 3.63) is 33.9 Å². The fourth-order valence-electron chi connectivity index (χ4n) is 2.49. The lowest BCUT2D eigenvalue weighted by Crippen LogP contribution is -2.00. The van der Waals surface area contributed by atoms with Crippen molar-refractivity contribution >= 4 is 32.6 Å². The van der Waals surface area contributed by atoms with Gasteiger partial charge in [0.25, 0.3) is 0 Å². The van der Waals surface area contributed by atoms with Gasteiger partial charge in [-0.2, -0.15) is 0 Å². The lowest BCUT2D eigenvalue weighted by atomic mass is 10.1. The molecule has 0 N–H and O–H groups in total. The molecular formula is C12H10BrNO. The molecule has 1 heterocycles. The largest absolute Gasteiger partial charge is 0.341 e. The predicted molar refractivity (Wildman–Crippen MR) is 63.3 cm³/mol. The molecule has 0 atom stereocenters. The van der Waals surface area contributed by atoms with Gasteiger partial charge in [0, 0.05) is 28.8 Å². The van der Waals surface area contributed by atoms with E-state index in [1.807, 2.05) is 23.7 Å². The van der Waals surface area contributed by atoms with Crippen LogP contribution in [0.1, 0.15) is 22.5 Å². The Morgan fingerprint density at radius 3 is 2.93 bits per heavy atom. The van der Waals surface area contributed by atoms with Gasteiger partial charge in [-0.1, -0.05) is 22.0 Å². The summed E-state index contributed by atoms with van der Waals surface area (Å²) in [5, 5.41) is 1.21. The number of halogens is 1. The van der Waals surface area contributed by atoms with E-state index in [1.165, 1.54) is 10.9 Å². The molecule has 0 aliphatic heterocycles. The first-order valence-electron chi connectivity index (χ1n) is 4.99. The van der Waals surface area contributed by atoms with Crippen molar-refractivity contribution in [2.24, 2.45) is 7.05 Å². The molecular weight excluding hydrogens is 254 g/mol. The van der Waals surface area contributed by atoms with Gasteiger partial charge < -0.3 is 4.57 Å². The topological polar surface area (TPSA) is 22.0 Å². The van der Waals surface area contributed by atoms with Crippen molar-refractivity contribution in [1.29, 1.82) is 0 Å². The first kappa shape index (κ1) is 9.16. The van der Waals surface area contributed by atoms with Crippen molar-refractivity contribution < 1.29 is 4.79 Å². The Labute approximate surface area is 96.0 Å². The van der Waals surface area contributed by atoms with Crippen LogP contribution in [0.25, 0.3) is 10.9 Å². The van der Waals surface area contributed by atoms with E-state index in [0.717, 1.165) is 22.1 Å². The van der Waals surface area contributed by atoms with Crippen molar-refractivity contribution in [2.75, 3.05) is 0 Å². The molecule has 0 fully saturated rings. The van der Waals surface area contributed by atoms with Crippen LogP contribution >= 0.6 is 15.9 Å².